The number of benzene rings is 2. The molecule has 0 spiro atoms. The number of hydrogen-bond donors (Lipinski definition) is 0. The van der Waals surface area contributed by atoms with Crippen molar-refractivity contribution in [2.45, 2.75) is 13.8 Å². The van der Waals surface area contributed by atoms with Crippen LogP contribution in [-0.2, 0) is 9.53 Å². The van der Waals surface area contributed by atoms with Crippen molar-refractivity contribution < 1.29 is 19.0 Å². The zero-order valence-electron chi connectivity index (χ0n) is 14.2. The van der Waals surface area contributed by atoms with Crippen LogP contribution in [0.25, 0.3) is 6.08 Å². The largest absolute Gasteiger partial charge is 0.490 e. The summed E-state index contributed by atoms with van der Waals surface area (Å²) in [7, 11) is 0. The molecule has 1 aliphatic heterocycles. The monoisotopic (exact) mass is 337 g/mol. The lowest BCUT2D eigenvalue weighted by Gasteiger charge is -2.11. The van der Waals surface area contributed by atoms with Crippen LogP contribution in [0.2, 0.25) is 0 Å². The van der Waals surface area contributed by atoms with Gasteiger partial charge < -0.3 is 14.2 Å². The molecule has 2 aromatic carbocycles. The number of aliphatic imine (C=N–C) groups is 1. The maximum absolute atomic E-state index is 12.1. The number of rotatable bonds is 6. The van der Waals surface area contributed by atoms with E-state index in [4.69, 9.17) is 14.2 Å². The van der Waals surface area contributed by atoms with E-state index in [0.29, 0.717) is 30.6 Å². The van der Waals surface area contributed by atoms with Gasteiger partial charge in [0.15, 0.2) is 17.2 Å². The fourth-order valence-electron chi connectivity index (χ4n) is 2.43. The summed E-state index contributed by atoms with van der Waals surface area (Å²) in [5, 5.41) is 0. The predicted octanol–water partition coefficient (Wildman–Crippen LogP) is 3.83. The third-order valence-electron chi connectivity index (χ3n) is 3.51. The van der Waals surface area contributed by atoms with Gasteiger partial charge in [-0.1, -0.05) is 24.3 Å². The Balaban J connectivity index is 1.90. The number of carbonyl (C=O) groups excluding carboxylic acids is 1. The van der Waals surface area contributed by atoms with Crippen molar-refractivity contribution in [3.05, 3.63) is 65.4 Å². The van der Waals surface area contributed by atoms with Gasteiger partial charge in [-0.25, -0.2) is 9.79 Å². The second kappa shape index (κ2) is 7.66. The molecule has 0 aromatic heterocycles. The number of nitrogens with zero attached hydrogens (tertiary/aromatic N) is 1. The summed E-state index contributed by atoms with van der Waals surface area (Å²) < 4.78 is 16.4. The molecule has 25 heavy (non-hydrogen) atoms. The highest BCUT2D eigenvalue weighted by molar-refractivity contribution is 6.12. The first-order chi connectivity index (χ1) is 12.2. The van der Waals surface area contributed by atoms with Crippen molar-refractivity contribution in [2.24, 2.45) is 4.99 Å². The fourth-order valence-corrected chi connectivity index (χ4v) is 2.43. The second-order valence-electron chi connectivity index (χ2n) is 5.27. The minimum absolute atomic E-state index is 0.255. The first-order valence-corrected chi connectivity index (χ1v) is 8.19. The summed E-state index contributed by atoms with van der Waals surface area (Å²) in [4.78, 5) is 16.4. The van der Waals surface area contributed by atoms with E-state index in [1.165, 1.54) is 0 Å². The average Bonchev–Trinajstić information content (AvgIpc) is 2.99. The van der Waals surface area contributed by atoms with Gasteiger partial charge in [0.25, 0.3) is 0 Å². The van der Waals surface area contributed by atoms with Crippen LogP contribution < -0.4 is 9.47 Å². The van der Waals surface area contributed by atoms with E-state index < -0.39 is 5.97 Å². The highest BCUT2D eigenvalue weighted by atomic mass is 16.6. The molecule has 1 heterocycles. The molecule has 5 nitrogen and oxygen atoms in total. The maximum Gasteiger partial charge on any atom is 0.363 e. The molecule has 0 saturated heterocycles. The number of carbonyl (C=O) groups is 1. The molecule has 128 valence electrons. The van der Waals surface area contributed by atoms with Crippen LogP contribution in [0.4, 0.5) is 0 Å². The van der Waals surface area contributed by atoms with Crippen LogP contribution >= 0.6 is 0 Å². The lowest BCUT2D eigenvalue weighted by molar-refractivity contribution is -0.129. The lowest BCUT2D eigenvalue weighted by atomic mass is 10.1. The predicted molar refractivity (Wildman–Crippen MR) is 95.8 cm³/mol. The molecule has 0 saturated carbocycles. The molecule has 3 rings (SSSR count). The molecule has 0 atom stereocenters. The highest BCUT2D eigenvalue weighted by Crippen LogP contribution is 2.30. The van der Waals surface area contributed by atoms with Crippen molar-refractivity contribution in [2.75, 3.05) is 13.2 Å². The molecule has 0 aliphatic carbocycles. The Labute approximate surface area is 146 Å². The van der Waals surface area contributed by atoms with Crippen LogP contribution in [-0.4, -0.2) is 25.1 Å². The van der Waals surface area contributed by atoms with Gasteiger partial charge in [-0.05, 0) is 49.8 Å². The summed E-state index contributed by atoms with van der Waals surface area (Å²) in [6.07, 6.45) is 1.68. The SMILES string of the molecule is CCOc1ccc(C=C2N=C(c3ccccc3)OC2=O)cc1OCC. The van der Waals surface area contributed by atoms with Crippen molar-refractivity contribution in [1.82, 2.24) is 0 Å². The van der Waals surface area contributed by atoms with Gasteiger partial charge in [-0.15, -0.1) is 0 Å². The standard InChI is InChI=1S/C20H19NO4/c1-3-23-17-11-10-14(13-18(17)24-4-2)12-16-20(22)25-19(21-16)15-8-6-5-7-9-15/h5-13H,3-4H2,1-2H3. The number of cyclic esters (lactones) is 1. The topological polar surface area (TPSA) is 57.1 Å². The van der Waals surface area contributed by atoms with E-state index in [-0.39, 0.29) is 5.70 Å². The van der Waals surface area contributed by atoms with E-state index in [0.717, 1.165) is 11.1 Å². The molecule has 0 bridgehead atoms. The summed E-state index contributed by atoms with van der Waals surface area (Å²) >= 11 is 0. The first-order valence-electron chi connectivity index (χ1n) is 8.19. The zero-order chi connectivity index (χ0) is 17.6. The molecule has 0 fully saturated rings. The summed E-state index contributed by atoms with van der Waals surface area (Å²) in [5.41, 5.74) is 1.81. The van der Waals surface area contributed by atoms with Gasteiger partial charge in [-0.2, -0.15) is 0 Å². The number of esters is 1. The van der Waals surface area contributed by atoms with Gasteiger partial charge >= 0.3 is 5.97 Å². The normalized spacial score (nSPS) is 15.0. The van der Waals surface area contributed by atoms with Crippen LogP contribution in [0.3, 0.4) is 0 Å². The molecule has 1 aliphatic rings. The van der Waals surface area contributed by atoms with Gasteiger partial charge in [0.1, 0.15) is 0 Å². The minimum atomic E-state index is -0.467. The van der Waals surface area contributed by atoms with Crippen molar-refractivity contribution in [1.29, 1.82) is 0 Å². The Morgan fingerprint density at radius 2 is 1.72 bits per heavy atom. The molecule has 0 N–H and O–H groups in total. The van der Waals surface area contributed by atoms with Crippen LogP contribution in [0.1, 0.15) is 25.0 Å². The molecular weight excluding hydrogens is 318 g/mol. The maximum atomic E-state index is 12.1. The molecule has 0 amide bonds. The van der Waals surface area contributed by atoms with E-state index in [1.807, 2.05) is 62.4 Å². The van der Waals surface area contributed by atoms with E-state index in [1.54, 1.807) is 6.08 Å². The highest BCUT2D eigenvalue weighted by Gasteiger charge is 2.24. The molecule has 0 unspecified atom stereocenters. The Kier molecular flexibility index (Phi) is 5.14. The second-order valence-corrected chi connectivity index (χ2v) is 5.27. The van der Waals surface area contributed by atoms with Gasteiger partial charge in [0, 0.05) is 5.56 Å². The Bertz CT molecular complexity index is 825. The Morgan fingerprint density at radius 3 is 2.44 bits per heavy atom. The van der Waals surface area contributed by atoms with Crippen LogP contribution in [0.5, 0.6) is 11.5 Å². The average molecular weight is 337 g/mol. The Morgan fingerprint density at radius 1 is 1.00 bits per heavy atom. The van der Waals surface area contributed by atoms with Crippen molar-refractivity contribution in [3.63, 3.8) is 0 Å². The van der Waals surface area contributed by atoms with Crippen molar-refractivity contribution >= 4 is 17.9 Å². The third-order valence-corrected chi connectivity index (χ3v) is 3.51. The van der Waals surface area contributed by atoms with E-state index >= 15 is 0 Å². The van der Waals surface area contributed by atoms with Crippen LogP contribution in [0.15, 0.2) is 59.2 Å². The van der Waals surface area contributed by atoms with Crippen molar-refractivity contribution in [3.8, 4) is 11.5 Å². The van der Waals surface area contributed by atoms with E-state index in [2.05, 4.69) is 4.99 Å². The smallest absolute Gasteiger partial charge is 0.363 e. The zero-order valence-corrected chi connectivity index (χ0v) is 14.2. The molecule has 0 radical (unpaired) electrons. The number of ether oxygens (including phenoxy) is 3. The minimum Gasteiger partial charge on any atom is -0.490 e. The molecule has 2 aromatic rings. The molecular formula is C20H19NO4. The van der Waals surface area contributed by atoms with Gasteiger partial charge in [0.2, 0.25) is 5.90 Å². The lowest BCUT2D eigenvalue weighted by Crippen LogP contribution is -2.05. The summed E-state index contributed by atoms with van der Waals surface area (Å²) in [6.45, 7) is 4.90. The van der Waals surface area contributed by atoms with E-state index in [9.17, 15) is 4.79 Å². The first kappa shape index (κ1) is 16.8. The van der Waals surface area contributed by atoms with Gasteiger partial charge in [-0.3, -0.25) is 0 Å². The summed E-state index contributed by atoms with van der Waals surface area (Å²) in [6, 6.07) is 14.8. The molecule has 5 heteroatoms. The fraction of sp³-hybridized carbons (Fsp3) is 0.200. The Hall–Kier alpha value is -3.08. The number of hydrogen-bond acceptors (Lipinski definition) is 5. The van der Waals surface area contributed by atoms with Crippen LogP contribution in [0, 0.1) is 0 Å². The summed E-state index contributed by atoms with van der Waals surface area (Å²) in [5.74, 6) is 1.16. The third kappa shape index (κ3) is 3.88. The quantitative estimate of drug-likeness (QED) is 0.594. The van der Waals surface area contributed by atoms with Gasteiger partial charge in [0.05, 0.1) is 13.2 Å².